The number of nitrogens with zero attached hydrogens (tertiary/aromatic N) is 4. The molecular formula is C22H26FN5O3S. The van der Waals surface area contributed by atoms with Gasteiger partial charge in [-0.05, 0) is 49.8 Å². The summed E-state index contributed by atoms with van der Waals surface area (Å²) in [4.78, 5) is 8.34. The third-order valence-corrected chi connectivity index (χ3v) is 7.54. The smallest absolute Gasteiger partial charge is 0.178 e. The number of hydrogen-bond donors (Lipinski definition) is 1. The molecule has 1 aliphatic carbocycles. The van der Waals surface area contributed by atoms with E-state index in [9.17, 15) is 12.8 Å². The number of benzene rings is 1. The number of halogens is 1. The summed E-state index contributed by atoms with van der Waals surface area (Å²) in [5.74, 6) is 0.204. The largest absolute Gasteiger partial charge is 0.489 e. The van der Waals surface area contributed by atoms with Crippen LogP contribution in [0.5, 0.6) is 5.75 Å². The van der Waals surface area contributed by atoms with Gasteiger partial charge in [-0.15, -0.1) is 0 Å². The third kappa shape index (κ3) is 4.81. The van der Waals surface area contributed by atoms with E-state index in [1.165, 1.54) is 30.1 Å². The average Bonchev–Trinajstić information content (AvgIpc) is 3.28. The highest BCUT2D eigenvalue weighted by molar-refractivity contribution is 7.91. The maximum Gasteiger partial charge on any atom is 0.178 e. The van der Waals surface area contributed by atoms with Gasteiger partial charge in [0.1, 0.15) is 23.5 Å². The molecule has 32 heavy (non-hydrogen) atoms. The van der Waals surface area contributed by atoms with Gasteiger partial charge in [0.05, 0.1) is 29.6 Å². The molecule has 0 saturated heterocycles. The zero-order chi connectivity index (χ0) is 22.7. The highest BCUT2D eigenvalue weighted by atomic mass is 32.2. The standard InChI is InChI=1S/C22H26FN5O3S/c1-2-32(29,30)18-7-8-20(19(23)9-18)28-12-16(10-27-28)22-21(11-25-14-26-22)31-13-15-3-5-17(24)6-4-15/h7-12,14-15,17H,2-6,13,24H2,1H3. The van der Waals surface area contributed by atoms with Crippen LogP contribution in [-0.2, 0) is 9.84 Å². The van der Waals surface area contributed by atoms with E-state index in [0.29, 0.717) is 29.5 Å². The molecule has 3 aromatic rings. The second kappa shape index (κ2) is 9.33. The van der Waals surface area contributed by atoms with E-state index in [1.54, 1.807) is 18.6 Å². The fraction of sp³-hybridized carbons (Fsp3) is 0.409. The molecule has 170 valence electrons. The molecule has 2 aromatic heterocycles. The lowest BCUT2D eigenvalue weighted by Gasteiger charge is -2.26. The van der Waals surface area contributed by atoms with Crippen LogP contribution in [0.4, 0.5) is 4.39 Å². The van der Waals surface area contributed by atoms with Crippen molar-refractivity contribution in [2.45, 2.75) is 43.5 Å². The Morgan fingerprint density at radius 2 is 2.00 bits per heavy atom. The number of sulfone groups is 1. The van der Waals surface area contributed by atoms with Gasteiger partial charge in [-0.2, -0.15) is 5.10 Å². The Kier molecular flexibility index (Phi) is 6.52. The summed E-state index contributed by atoms with van der Waals surface area (Å²) in [7, 11) is -3.49. The zero-order valence-electron chi connectivity index (χ0n) is 17.8. The first-order chi connectivity index (χ1) is 15.4. The van der Waals surface area contributed by atoms with Crippen molar-refractivity contribution in [1.82, 2.24) is 19.7 Å². The molecule has 1 fully saturated rings. The maximum atomic E-state index is 14.7. The van der Waals surface area contributed by atoms with Gasteiger partial charge in [-0.1, -0.05) is 6.92 Å². The van der Waals surface area contributed by atoms with Crippen LogP contribution in [0.25, 0.3) is 16.9 Å². The summed E-state index contributed by atoms with van der Waals surface area (Å²) in [6.45, 7) is 2.08. The molecule has 4 rings (SSSR count). The average molecular weight is 460 g/mol. The lowest BCUT2D eigenvalue weighted by Crippen LogP contribution is -2.28. The van der Waals surface area contributed by atoms with Crippen molar-refractivity contribution in [3.05, 3.63) is 48.9 Å². The summed E-state index contributed by atoms with van der Waals surface area (Å²) in [6.07, 6.45) is 10.3. The Bertz CT molecular complexity index is 1190. The van der Waals surface area contributed by atoms with Gasteiger partial charge in [0, 0.05) is 17.8 Å². The third-order valence-electron chi connectivity index (χ3n) is 5.81. The first-order valence-corrected chi connectivity index (χ1v) is 12.3. The lowest BCUT2D eigenvalue weighted by atomic mass is 9.87. The first-order valence-electron chi connectivity index (χ1n) is 10.6. The molecule has 0 spiro atoms. The van der Waals surface area contributed by atoms with Crippen LogP contribution in [0.1, 0.15) is 32.6 Å². The van der Waals surface area contributed by atoms with Gasteiger partial charge >= 0.3 is 0 Å². The molecule has 1 aromatic carbocycles. The first kappa shape index (κ1) is 22.3. The second-order valence-corrected chi connectivity index (χ2v) is 10.3. The molecule has 1 saturated carbocycles. The maximum absolute atomic E-state index is 14.7. The SMILES string of the molecule is CCS(=O)(=O)c1ccc(-n2cc(-c3ncncc3OCC3CCC(N)CC3)cn2)c(F)c1. The number of hydrogen-bond acceptors (Lipinski definition) is 7. The molecule has 0 bridgehead atoms. The number of ether oxygens (including phenoxy) is 1. The van der Waals surface area contributed by atoms with E-state index in [1.807, 2.05) is 0 Å². The van der Waals surface area contributed by atoms with Crippen LogP contribution in [0.2, 0.25) is 0 Å². The quantitative estimate of drug-likeness (QED) is 0.577. The molecule has 0 unspecified atom stereocenters. The van der Waals surface area contributed by atoms with Crippen LogP contribution >= 0.6 is 0 Å². The summed E-state index contributed by atoms with van der Waals surface area (Å²) in [5, 5.41) is 4.23. The van der Waals surface area contributed by atoms with Gasteiger partial charge in [0.2, 0.25) is 0 Å². The van der Waals surface area contributed by atoms with Crippen molar-refractivity contribution < 1.29 is 17.5 Å². The van der Waals surface area contributed by atoms with E-state index in [-0.39, 0.29) is 22.4 Å². The van der Waals surface area contributed by atoms with Gasteiger partial charge in [0.15, 0.2) is 15.6 Å². The molecule has 8 nitrogen and oxygen atoms in total. The molecule has 1 aliphatic rings. The number of rotatable bonds is 7. The summed E-state index contributed by atoms with van der Waals surface area (Å²) in [5.41, 5.74) is 7.31. The van der Waals surface area contributed by atoms with Crippen molar-refractivity contribution in [1.29, 1.82) is 0 Å². The summed E-state index contributed by atoms with van der Waals surface area (Å²) >= 11 is 0. The van der Waals surface area contributed by atoms with Crippen molar-refractivity contribution in [3.8, 4) is 22.7 Å². The number of aromatic nitrogens is 4. The Morgan fingerprint density at radius 3 is 2.72 bits per heavy atom. The van der Waals surface area contributed by atoms with Crippen LogP contribution in [0.15, 0.2) is 48.0 Å². The molecule has 0 amide bonds. The molecular weight excluding hydrogens is 433 g/mol. The fourth-order valence-electron chi connectivity index (χ4n) is 3.81. The highest BCUT2D eigenvalue weighted by Crippen LogP contribution is 2.30. The Balaban J connectivity index is 1.54. The van der Waals surface area contributed by atoms with Crippen LogP contribution in [-0.4, -0.2) is 46.6 Å². The van der Waals surface area contributed by atoms with Crippen molar-refractivity contribution in [2.75, 3.05) is 12.4 Å². The summed E-state index contributed by atoms with van der Waals surface area (Å²) in [6, 6.07) is 4.09. The predicted octanol–water partition coefficient (Wildman–Crippen LogP) is 3.16. The minimum absolute atomic E-state index is 0.0521. The number of nitrogens with two attached hydrogens (primary N) is 1. The van der Waals surface area contributed by atoms with Crippen molar-refractivity contribution in [2.24, 2.45) is 11.7 Å². The molecule has 10 heteroatoms. The van der Waals surface area contributed by atoms with Gasteiger partial charge in [-0.3, -0.25) is 0 Å². The highest BCUT2D eigenvalue weighted by Gasteiger charge is 2.21. The Morgan fingerprint density at radius 1 is 1.22 bits per heavy atom. The van der Waals surface area contributed by atoms with Gasteiger partial charge in [-0.25, -0.2) is 27.5 Å². The minimum atomic E-state index is -3.49. The van der Waals surface area contributed by atoms with E-state index in [0.717, 1.165) is 31.7 Å². The normalized spacial score (nSPS) is 19.1. The predicted molar refractivity (Wildman–Crippen MR) is 118 cm³/mol. The van der Waals surface area contributed by atoms with Crippen LogP contribution in [0.3, 0.4) is 0 Å². The molecule has 2 heterocycles. The fourth-order valence-corrected chi connectivity index (χ4v) is 4.70. The molecule has 0 atom stereocenters. The summed E-state index contributed by atoms with van der Waals surface area (Å²) < 4.78 is 46.0. The van der Waals surface area contributed by atoms with Gasteiger partial charge < -0.3 is 10.5 Å². The zero-order valence-corrected chi connectivity index (χ0v) is 18.6. The Hall–Kier alpha value is -2.85. The Labute approximate surface area is 186 Å². The van der Waals surface area contributed by atoms with Gasteiger partial charge in [0.25, 0.3) is 0 Å². The molecule has 0 aliphatic heterocycles. The molecule has 0 radical (unpaired) electrons. The molecule has 2 N–H and O–H groups in total. The van der Waals surface area contributed by atoms with Crippen molar-refractivity contribution in [3.63, 3.8) is 0 Å². The van der Waals surface area contributed by atoms with E-state index < -0.39 is 15.7 Å². The van der Waals surface area contributed by atoms with Crippen molar-refractivity contribution >= 4 is 9.84 Å². The monoisotopic (exact) mass is 459 g/mol. The van der Waals surface area contributed by atoms with E-state index >= 15 is 0 Å². The van der Waals surface area contributed by atoms with Crippen LogP contribution in [0, 0.1) is 11.7 Å². The second-order valence-electron chi connectivity index (χ2n) is 8.02. The van der Waals surface area contributed by atoms with E-state index in [4.69, 9.17) is 10.5 Å². The van der Waals surface area contributed by atoms with Crippen LogP contribution < -0.4 is 10.5 Å². The lowest BCUT2D eigenvalue weighted by molar-refractivity contribution is 0.200. The minimum Gasteiger partial charge on any atom is -0.489 e. The topological polar surface area (TPSA) is 113 Å². The van der Waals surface area contributed by atoms with E-state index in [2.05, 4.69) is 15.1 Å².